The molecule has 0 radical (unpaired) electrons. The largest absolute Gasteiger partial charge is 0.354 e. The SMILES string of the molecule is Clc1cccc(CCNc2nccc(N3CCN(c4ccccn4)CC3)n2)c1. The van der Waals surface area contributed by atoms with Crippen LogP contribution in [0.4, 0.5) is 17.6 Å². The maximum atomic E-state index is 6.04. The molecule has 0 unspecified atom stereocenters. The summed E-state index contributed by atoms with van der Waals surface area (Å²) in [5.41, 5.74) is 1.20. The number of nitrogens with one attached hydrogen (secondary N) is 1. The first kappa shape index (κ1) is 18.5. The standard InChI is InChI=1S/C21H23ClN6/c22-18-5-3-4-17(16-18)7-10-24-21-25-11-8-20(26-21)28-14-12-27(13-15-28)19-6-1-2-9-23-19/h1-6,8-9,11,16H,7,10,12-15H2,(H,24,25,26). The Morgan fingerprint density at radius 2 is 1.68 bits per heavy atom. The highest BCUT2D eigenvalue weighted by Gasteiger charge is 2.19. The smallest absolute Gasteiger partial charge is 0.224 e. The lowest BCUT2D eigenvalue weighted by molar-refractivity contribution is 0.641. The van der Waals surface area contributed by atoms with Gasteiger partial charge in [0.05, 0.1) is 0 Å². The summed E-state index contributed by atoms with van der Waals surface area (Å²) in [5, 5.41) is 4.08. The van der Waals surface area contributed by atoms with Gasteiger partial charge in [0.25, 0.3) is 0 Å². The molecule has 1 aliphatic rings. The average molecular weight is 395 g/mol. The molecule has 3 heterocycles. The van der Waals surface area contributed by atoms with Gasteiger partial charge in [0.15, 0.2) is 0 Å². The number of benzene rings is 1. The second-order valence-corrected chi connectivity index (χ2v) is 7.14. The van der Waals surface area contributed by atoms with Gasteiger partial charge in [-0.3, -0.25) is 0 Å². The molecular formula is C21H23ClN6. The zero-order valence-corrected chi connectivity index (χ0v) is 16.4. The Morgan fingerprint density at radius 1 is 0.857 bits per heavy atom. The summed E-state index contributed by atoms with van der Waals surface area (Å²) in [6.45, 7) is 4.44. The molecule has 0 aliphatic carbocycles. The van der Waals surface area contributed by atoms with Crippen LogP contribution in [0.5, 0.6) is 0 Å². The molecule has 0 atom stereocenters. The van der Waals surface area contributed by atoms with E-state index in [1.807, 2.05) is 48.8 Å². The third-order valence-electron chi connectivity index (χ3n) is 4.80. The zero-order chi connectivity index (χ0) is 19.2. The Balaban J connectivity index is 1.31. The van der Waals surface area contributed by atoms with Crippen LogP contribution < -0.4 is 15.1 Å². The fourth-order valence-corrected chi connectivity index (χ4v) is 3.54. The van der Waals surface area contributed by atoms with Gasteiger partial charge in [-0.15, -0.1) is 0 Å². The van der Waals surface area contributed by atoms with Crippen LogP contribution in [-0.2, 0) is 6.42 Å². The summed E-state index contributed by atoms with van der Waals surface area (Å²) in [7, 11) is 0. The van der Waals surface area contributed by atoms with Crippen LogP contribution >= 0.6 is 11.6 Å². The van der Waals surface area contributed by atoms with Crippen LogP contribution in [-0.4, -0.2) is 47.7 Å². The van der Waals surface area contributed by atoms with E-state index in [-0.39, 0.29) is 0 Å². The monoisotopic (exact) mass is 394 g/mol. The minimum atomic E-state index is 0.659. The molecule has 6 nitrogen and oxygen atoms in total. The van der Waals surface area contributed by atoms with E-state index in [1.54, 1.807) is 0 Å². The number of aromatic nitrogens is 3. The lowest BCUT2D eigenvalue weighted by Crippen LogP contribution is -2.47. The van der Waals surface area contributed by atoms with Gasteiger partial charge >= 0.3 is 0 Å². The highest BCUT2D eigenvalue weighted by molar-refractivity contribution is 6.30. The number of hydrogen-bond donors (Lipinski definition) is 1. The van der Waals surface area contributed by atoms with E-state index >= 15 is 0 Å². The van der Waals surface area contributed by atoms with Crippen molar-refractivity contribution in [1.29, 1.82) is 0 Å². The molecule has 1 aromatic carbocycles. The molecule has 1 aliphatic heterocycles. The summed E-state index contributed by atoms with van der Waals surface area (Å²) in [5.74, 6) is 2.65. The first-order chi connectivity index (χ1) is 13.8. The molecule has 4 rings (SSSR count). The quantitative estimate of drug-likeness (QED) is 0.690. The van der Waals surface area contributed by atoms with Gasteiger partial charge in [0, 0.05) is 50.1 Å². The summed E-state index contributed by atoms with van der Waals surface area (Å²) in [4.78, 5) is 18.1. The molecule has 144 valence electrons. The summed E-state index contributed by atoms with van der Waals surface area (Å²) in [6, 6.07) is 15.9. The van der Waals surface area contributed by atoms with E-state index in [9.17, 15) is 0 Å². The molecule has 0 saturated carbocycles. The van der Waals surface area contributed by atoms with E-state index in [1.165, 1.54) is 5.56 Å². The molecular weight excluding hydrogens is 372 g/mol. The second kappa shape index (κ2) is 8.89. The van der Waals surface area contributed by atoms with E-state index in [0.717, 1.165) is 55.8 Å². The zero-order valence-electron chi connectivity index (χ0n) is 15.6. The first-order valence-electron chi connectivity index (χ1n) is 9.50. The van der Waals surface area contributed by atoms with Gasteiger partial charge < -0.3 is 15.1 Å². The number of pyridine rings is 1. The highest BCUT2D eigenvalue weighted by atomic mass is 35.5. The lowest BCUT2D eigenvalue weighted by atomic mass is 10.1. The van der Waals surface area contributed by atoms with Gasteiger partial charge in [-0.25, -0.2) is 9.97 Å². The van der Waals surface area contributed by atoms with Gasteiger partial charge in [0.1, 0.15) is 11.6 Å². The normalized spacial score (nSPS) is 14.2. The molecule has 28 heavy (non-hydrogen) atoms. The lowest BCUT2D eigenvalue weighted by Gasteiger charge is -2.36. The van der Waals surface area contributed by atoms with Crippen LogP contribution in [0.25, 0.3) is 0 Å². The summed E-state index contributed by atoms with van der Waals surface area (Å²) < 4.78 is 0. The van der Waals surface area contributed by atoms with Gasteiger partial charge in [-0.1, -0.05) is 29.8 Å². The van der Waals surface area contributed by atoms with E-state index in [2.05, 4.69) is 42.2 Å². The molecule has 1 N–H and O–H groups in total. The summed E-state index contributed by atoms with van der Waals surface area (Å²) in [6.07, 6.45) is 4.53. The van der Waals surface area contributed by atoms with Crippen molar-refractivity contribution >= 4 is 29.2 Å². The Hall–Kier alpha value is -2.86. The Labute approximate surface area is 170 Å². The van der Waals surface area contributed by atoms with Crippen LogP contribution in [0, 0.1) is 0 Å². The van der Waals surface area contributed by atoms with E-state index in [4.69, 9.17) is 11.6 Å². The molecule has 0 amide bonds. The average Bonchev–Trinajstić information content (AvgIpc) is 2.75. The van der Waals surface area contributed by atoms with Crippen molar-refractivity contribution in [2.75, 3.05) is 47.8 Å². The van der Waals surface area contributed by atoms with Crippen molar-refractivity contribution < 1.29 is 0 Å². The fourth-order valence-electron chi connectivity index (χ4n) is 3.33. The predicted octanol–water partition coefficient (Wildman–Crippen LogP) is 3.51. The van der Waals surface area contributed by atoms with Crippen LogP contribution in [0.3, 0.4) is 0 Å². The van der Waals surface area contributed by atoms with Crippen molar-refractivity contribution in [1.82, 2.24) is 15.0 Å². The summed E-state index contributed by atoms with van der Waals surface area (Å²) >= 11 is 6.04. The Bertz CT molecular complexity index is 896. The molecule has 2 aromatic heterocycles. The molecule has 1 saturated heterocycles. The number of nitrogens with zero attached hydrogens (tertiary/aromatic N) is 5. The van der Waals surface area contributed by atoms with E-state index in [0.29, 0.717) is 5.95 Å². The molecule has 0 bridgehead atoms. The Kier molecular flexibility index (Phi) is 5.87. The van der Waals surface area contributed by atoms with Crippen molar-refractivity contribution in [2.45, 2.75) is 6.42 Å². The number of rotatable bonds is 6. The first-order valence-corrected chi connectivity index (χ1v) is 9.88. The van der Waals surface area contributed by atoms with Crippen LogP contribution in [0.1, 0.15) is 5.56 Å². The topological polar surface area (TPSA) is 57.2 Å². The van der Waals surface area contributed by atoms with Crippen LogP contribution in [0.2, 0.25) is 5.02 Å². The second-order valence-electron chi connectivity index (χ2n) is 6.71. The van der Waals surface area contributed by atoms with E-state index < -0.39 is 0 Å². The fraction of sp³-hybridized carbons (Fsp3) is 0.286. The third kappa shape index (κ3) is 4.70. The van der Waals surface area contributed by atoms with Crippen molar-refractivity contribution in [3.63, 3.8) is 0 Å². The van der Waals surface area contributed by atoms with Gasteiger partial charge in [-0.2, -0.15) is 4.98 Å². The van der Waals surface area contributed by atoms with Crippen molar-refractivity contribution in [3.8, 4) is 0 Å². The molecule has 3 aromatic rings. The predicted molar refractivity (Wildman–Crippen MR) is 114 cm³/mol. The third-order valence-corrected chi connectivity index (χ3v) is 5.04. The number of hydrogen-bond acceptors (Lipinski definition) is 6. The maximum absolute atomic E-state index is 6.04. The maximum Gasteiger partial charge on any atom is 0.224 e. The number of anilines is 3. The van der Waals surface area contributed by atoms with Gasteiger partial charge in [0.2, 0.25) is 5.95 Å². The molecule has 7 heteroatoms. The van der Waals surface area contributed by atoms with Crippen molar-refractivity contribution in [3.05, 3.63) is 71.5 Å². The van der Waals surface area contributed by atoms with Gasteiger partial charge in [-0.05, 0) is 42.3 Å². The molecule has 0 spiro atoms. The minimum Gasteiger partial charge on any atom is -0.354 e. The minimum absolute atomic E-state index is 0.659. The number of halogens is 1. The molecule has 1 fully saturated rings. The number of piperazine rings is 1. The van der Waals surface area contributed by atoms with Crippen molar-refractivity contribution in [2.24, 2.45) is 0 Å². The van der Waals surface area contributed by atoms with Crippen LogP contribution in [0.15, 0.2) is 60.9 Å². The Morgan fingerprint density at radius 3 is 2.43 bits per heavy atom. The highest BCUT2D eigenvalue weighted by Crippen LogP contribution is 2.18.